The lowest BCUT2D eigenvalue weighted by atomic mass is 9.91. The zero-order valence-electron chi connectivity index (χ0n) is 42.1. The van der Waals surface area contributed by atoms with E-state index >= 15 is 4.79 Å². The summed E-state index contributed by atoms with van der Waals surface area (Å²) in [6.45, 7) is 16.6. The number of amides is 2. The van der Waals surface area contributed by atoms with Gasteiger partial charge in [0.2, 0.25) is 0 Å². The number of carbonyl (C=O) groups is 2. The van der Waals surface area contributed by atoms with Crippen molar-refractivity contribution in [2.75, 3.05) is 67.0 Å². The average Bonchev–Trinajstić information content (AvgIpc) is 4.11. The van der Waals surface area contributed by atoms with Crippen LogP contribution in [-0.2, 0) is 39.9 Å². The van der Waals surface area contributed by atoms with Crippen LogP contribution in [-0.4, -0.2) is 131 Å². The molecule has 0 bridgehead atoms. The molecule has 2 amide bonds. The van der Waals surface area contributed by atoms with Crippen molar-refractivity contribution in [3.8, 4) is 34.4 Å². The predicted octanol–water partition coefficient (Wildman–Crippen LogP) is 8.34. The molecule has 4 aromatic rings. The lowest BCUT2D eigenvalue weighted by Gasteiger charge is -2.45. The molecule has 0 spiro atoms. The summed E-state index contributed by atoms with van der Waals surface area (Å²) in [5, 5.41) is 0. The second-order valence-corrected chi connectivity index (χ2v) is 21.3. The van der Waals surface area contributed by atoms with Crippen molar-refractivity contribution in [1.29, 1.82) is 0 Å². The molecular formula is C54H72N6O9. The molecule has 69 heavy (non-hydrogen) atoms. The van der Waals surface area contributed by atoms with Crippen molar-refractivity contribution in [3.05, 3.63) is 69.8 Å². The molecule has 7 heterocycles. The zero-order chi connectivity index (χ0) is 48.2. The van der Waals surface area contributed by atoms with Gasteiger partial charge in [-0.3, -0.25) is 18.7 Å². The highest BCUT2D eigenvalue weighted by atomic mass is 16.5. The Labute approximate surface area is 407 Å². The van der Waals surface area contributed by atoms with Crippen LogP contribution in [0.4, 0.5) is 0 Å². The monoisotopic (exact) mass is 949 g/mol. The molecular weight excluding hydrogens is 877 g/mol. The van der Waals surface area contributed by atoms with Crippen LogP contribution in [0.1, 0.15) is 160 Å². The first-order valence-electron chi connectivity index (χ1n) is 25.6. The first-order chi connectivity index (χ1) is 33.3. The highest BCUT2D eigenvalue weighted by molar-refractivity contribution is 5.95. The van der Waals surface area contributed by atoms with Crippen molar-refractivity contribution < 1.29 is 42.7 Å². The van der Waals surface area contributed by atoms with E-state index in [1.807, 2.05) is 23.6 Å². The summed E-state index contributed by atoms with van der Waals surface area (Å²) in [5.41, 5.74) is 6.27. The fourth-order valence-corrected chi connectivity index (χ4v) is 11.9. The van der Waals surface area contributed by atoms with E-state index in [1.165, 1.54) is 5.56 Å². The highest BCUT2D eigenvalue weighted by Crippen LogP contribution is 2.44. The predicted molar refractivity (Wildman–Crippen MR) is 260 cm³/mol. The van der Waals surface area contributed by atoms with Crippen LogP contribution in [0, 0.1) is 0 Å². The molecule has 5 aliphatic heterocycles. The van der Waals surface area contributed by atoms with Gasteiger partial charge in [0.15, 0.2) is 23.0 Å². The number of benzene rings is 2. The third-order valence-corrected chi connectivity index (χ3v) is 15.6. The number of imidazole rings is 2. The number of aromatic nitrogens is 4. The van der Waals surface area contributed by atoms with Gasteiger partial charge in [-0.1, -0.05) is 12.8 Å². The van der Waals surface area contributed by atoms with Crippen LogP contribution in [0.2, 0.25) is 0 Å². The Hall–Kier alpha value is -5.12. The van der Waals surface area contributed by atoms with Gasteiger partial charge in [-0.2, -0.15) is 0 Å². The molecule has 2 atom stereocenters. The summed E-state index contributed by atoms with van der Waals surface area (Å²) in [7, 11) is 3.37. The molecule has 10 rings (SSSR count). The normalized spacial score (nSPS) is 21.9. The highest BCUT2D eigenvalue weighted by Gasteiger charge is 2.43. The molecule has 1 saturated carbocycles. The Balaban J connectivity index is 0.921. The van der Waals surface area contributed by atoms with Crippen LogP contribution in [0.3, 0.4) is 0 Å². The summed E-state index contributed by atoms with van der Waals surface area (Å²) in [6, 6.07) is 8.37. The number of hydrogen-bond donors (Lipinski definition) is 0. The van der Waals surface area contributed by atoms with Gasteiger partial charge in [0.25, 0.3) is 11.8 Å². The van der Waals surface area contributed by atoms with E-state index in [1.54, 1.807) is 14.2 Å². The van der Waals surface area contributed by atoms with Crippen LogP contribution in [0.15, 0.2) is 24.3 Å². The van der Waals surface area contributed by atoms with E-state index in [9.17, 15) is 4.79 Å². The minimum absolute atomic E-state index is 0.0250. The van der Waals surface area contributed by atoms with Crippen molar-refractivity contribution in [3.63, 3.8) is 0 Å². The Morgan fingerprint density at radius 2 is 1.17 bits per heavy atom. The molecule has 0 N–H and O–H groups in total. The van der Waals surface area contributed by atoms with Crippen LogP contribution >= 0.6 is 0 Å². The summed E-state index contributed by atoms with van der Waals surface area (Å²) in [4.78, 5) is 44.2. The molecule has 0 radical (unpaired) electrons. The van der Waals surface area contributed by atoms with Crippen LogP contribution in [0.25, 0.3) is 11.4 Å². The number of hydrogen-bond acceptors (Lipinski definition) is 11. The maximum atomic E-state index is 15.2. The molecule has 3 saturated heterocycles. The summed E-state index contributed by atoms with van der Waals surface area (Å²) in [5.74, 6) is 4.95. The number of fused-ring (bicyclic) bond motifs is 6. The van der Waals surface area contributed by atoms with Crippen LogP contribution in [0.5, 0.6) is 23.0 Å². The number of aryl methyl sites for hydroxylation is 2. The summed E-state index contributed by atoms with van der Waals surface area (Å²) < 4.78 is 47.2. The van der Waals surface area contributed by atoms with Crippen molar-refractivity contribution >= 4 is 11.8 Å². The maximum Gasteiger partial charge on any atom is 0.274 e. The van der Waals surface area contributed by atoms with Crippen molar-refractivity contribution in [2.45, 2.75) is 154 Å². The molecule has 4 fully saturated rings. The summed E-state index contributed by atoms with van der Waals surface area (Å²) >= 11 is 0. The molecule has 15 nitrogen and oxygen atoms in total. The summed E-state index contributed by atoms with van der Waals surface area (Å²) in [6.07, 6.45) is 10.1. The van der Waals surface area contributed by atoms with Crippen LogP contribution < -0.4 is 18.9 Å². The molecule has 2 unspecified atom stereocenters. The quantitative estimate of drug-likeness (QED) is 0.128. The van der Waals surface area contributed by atoms with Gasteiger partial charge in [0, 0.05) is 50.3 Å². The SMILES string of the molecule is COc1cc2c(cc1OC(C)C)-n1c(C3CCCC3)nc(C(=O)N3CCOCC3(C)CCC(C)Oc3cc4c(cc3OC)CCc3c(C(=O)N5CCOCC5(C)C)nc(C5CCOCC5)n3-4)c1CC2. The van der Waals surface area contributed by atoms with Gasteiger partial charge < -0.3 is 43.0 Å². The Bertz CT molecular complexity index is 2570. The molecule has 2 aromatic carbocycles. The number of morpholine rings is 2. The van der Waals surface area contributed by atoms with Gasteiger partial charge in [-0.15, -0.1) is 0 Å². The second kappa shape index (κ2) is 19.2. The van der Waals surface area contributed by atoms with E-state index in [4.69, 9.17) is 43.1 Å². The fraction of sp³-hybridized carbons (Fsp3) is 0.630. The third kappa shape index (κ3) is 8.89. The van der Waals surface area contributed by atoms with Gasteiger partial charge in [0.05, 0.1) is 86.7 Å². The van der Waals surface area contributed by atoms with Gasteiger partial charge in [-0.05, 0) is 129 Å². The van der Waals surface area contributed by atoms with Gasteiger partial charge >= 0.3 is 0 Å². The number of carbonyl (C=O) groups excluding carboxylic acids is 2. The molecule has 15 heteroatoms. The zero-order valence-corrected chi connectivity index (χ0v) is 42.1. The Kier molecular flexibility index (Phi) is 13.3. The number of nitrogens with zero attached hydrogens (tertiary/aromatic N) is 6. The van der Waals surface area contributed by atoms with Gasteiger partial charge in [0.1, 0.15) is 23.0 Å². The maximum absolute atomic E-state index is 15.2. The van der Waals surface area contributed by atoms with E-state index < -0.39 is 11.1 Å². The lowest BCUT2D eigenvalue weighted by molar-refractivity contribution is -0.0521. The van der Waals surface area contributed by atoms with Crippen molar-refractivity contribution in [1.82, 2.24) is 28.9 Å². The topological polar surface area (TPSA) is 141 Å². The minimum atomic E-state index is -0.600. The van der Waals surface area contributed by atoms with E-state index in [0.29, 0.717) is 107 Å². The standard InChI is InChI=1S/C54H72N6O9/c1-33(2)68-45-29-41-37(27-43(45)63-7)14-16-40-48(56-49(59(40)41)35-11-9-10-12-35)52(62)58-22-26-67-32-54(58,6)20-17-34(3)69-46-30-42-38(28-44(46)64-8)13-15-39-47(51(61)57-21-25-66-31-53(57,4)5)55-50(60(39)42)36-18-23-65-24-19-36/h27-30,33-36H,9-26,31-32H2,1-8H3. The largest absolute Gasteiger partial charge is 0.493 e. The number of rotatable bonds is 13. The van der Waals surface area contributed by atoms with E-state index in [0.717, 1.165) is 97.1 Å². The smallest absolute Gasteiger partial charge is 0.274 e. The molecule has 6 aliphatic rings. The third-order valence-electron chi connectivity index (χ3n) is 15.6. The number of methoxy groups -OCH3 is 2. The first kappa shape index (κ1) is 47.6. The lowest BCUT2D eigenvalue weighted by Crippen LogP contribution is -2.57. The molecule has 2 aromatic heterocycles. The number of ether oxygens (including phenoxy) is 7. The first-order valence-corrected chi connectivity index (χ1v) is 25.6. The molecule has 372 valence electrons. The Morgan fingerprint density at radius 3 is 1.72 bits per heavy atom. The van der Waals surface area contributed by atoms with E-state index in [2.05, 4.69) is 61.1 Å². The second-order valence-electron chi connectivity index (χ2n) is 21.3. The Morgan fingerprint density at radius 1 is 0.652 bits per heavy atom. The van der Waals surface area contributed by atoms with Crippen molar-refractivity contribution in [2.24, 2.45) is 0 Å². The van der Waals surface area contributed by atoms with E-state index in [-0.39, 0.29) is 35.9 Å². The average molecular weight is 949 g/mol. The fourth-order valence-electron chi connectivity index (χ4n) is 11.9. The molecule has 1 aliphatic carbocycles. The minimum Gasteiger partial charge on any atom is -0.493 e. The van der Waals surface area contributed by atoms with Gasteiger partial charge in [-0.25, -0.2) is 9.97 Å².